The molecule has 1 rings (SSSR count). The minimum absolute atomic E-state index is 0.602. The molecule has 1 aromatic rings. The summed E-state index contributed by atoms with van der Waals surface area (Å²) in [6, 6.07) is 4.19. The van der Waals surface area contributed by atoms with Crippen molar-refractivity contribution in [1.29, 1.82) is 0 Å². The van der Waals surface area contributed by atoms with E-state index in [0.29, 0.717) is 6.67 Å². The van der Waals surface area contributed by atoms with Gasteiger partial charge in [0.05, 0.1) is 13.8 Å². The summed E-state index contributed by atoms with van der Waals surface area (Å²) < 4.78 is 5.25. The van der Waals surface area contributed by atoms with Crippen molar-refractivity contribution in [3.8, 4) is 5.75 Å². The predicted molar refractivity (Wildman–Crippen MR) is 61.5 cm³/mol. The van der Waals surface area contributed by atoms with Crippen LogP contribution in [0, 0.1) is 13.8 Å². The second-order valence-corrected chi connectivity index (χ2v) is 3.56. The number of hydrogen-bond donors (Lipinski definition) is 3. The molecule has 0 aliphatic rings. The van der Waals surface area contributed by atoms with Crippen LogP contribution in [0.1, 0.15) is 16.7 Å². The van der Waals surface area contributed by atoms with E-state index in [0.717, 1.165) is 17.9 Å². The quantitative estimate of drug-likeness (QED) is 0.291. The first kappa shape index (κ1) is 12.0. The molecule has 84 valence electrons. The first-order chi connectivity index (χ1) is 7.19. The molecule has 0 spiro atoms. The Morgan fingerprint density at radius 1 is 1.27 bits per heavy atom. The fraction of sp³-hybridized carbons (Fsp3) is 0.455. The molecular weight excluding hydrogens is 190 g/mol. The minimum Gasteiger partial charge on any atom is -0.496 e. The van der Waals surface area contributed by atoms with Gasteiger partial charge in [0, 0.05) is 6.54 Å². The highest BCUT2D eigenvalue weighted by molar-refractivity contribution is 5.41. The minimum atomic E-state index is 0.602. The van der Waals surface area contributed by atoms with E-state index in [1.807, 2.05) is 6.92 Å². The van der Waals surface area contributed by atoms with E-state index in [1.165, 1.54) is 11.1 Å². The number of hydrazine groups is 1. The van der Waals surface area contributed by atoms with Gasteiger partial charge >= 0.3 is 0 Å². The maximum atomic E-state index is 5.25. The smallest absolute Gasteiger partial charge is 0.122 e. The maximum Gasteiger partial charge on any atom is 0.122 e. The third-order valence-corrected chi connectivity index (χ3v) is 2.40. The summed E-state index contributed by atoms with van der Waals surface area (Å²) in [5, 5.41) is 3.18. The van der Waals surface area contributed by atoms with Crippen molar-refractivity contribution in [2.45, 2.75) is 20.4 Å². The van der Waals surface area contributed by atoms with Crippen LogP contribution in [0.3, 0.4) is 0 Å². The monoisotopic (exact) mass is 209 g/mol. The van der Waals surface area contributed by atoms with Crippen LogP contribution in [0.15, 0.2) is 12.1 Å². The molecule has 0 unspecified atom stereocenters. The number of ether oxygens (including phenoxy) is 1. The van der Waals surface area contributed by atoms with Crippen LogP contribution < -0.4 is 21.3 Å². The van der Waals surface area contributed by atoms with Crippen molar-refractivity contribution in [1.82, 2.24) is 10.7 Å². The summed E-state index contributed by atoms with van der Waals surface area (Å²) in [7, 11) is 1.69. The zero-order chi connectivity index (χ0) is 11.3. The topological polar surface area (TPSA) is 59.3 Å². The first-order valence-electron chi connectivity index (χ1n) is 4.97. The van der Waals surface area contributed by atoms with E-state index in [1.54, 1.807) is 7.11 Å². The molecule has 0 heterocycles. The summed E-state index contributed by atoms with van der Waals surface area (Å²) in [4.78, 5) is 0. The summed E-state index contributed by atoms with van der Waals surface area (Å²) in [5.41, 5.74) is 6.20. The average molecular weight is 209 g/mol. The number of hydrogen-bond acceptors (Lipinski definition) is 4. The van der Waals surface area contributed by atoms with Gasteiger partial charge in [-0.15, -0.1) is 0 Å². The van der Waals surface area contributed by atoms with Crippen LogP contribution in [0.25, 0.3) is 0 Å². The fourth-order valence-corrected chi connectivity index (χ4v) is 1.53. The zero-order valence-corrected chi connectivity index (χ0v) is 9.55. The van der Waals surface area contributed by atoms with Gasteiger partial charge in [-0.3, -0.25) is 11.2 Å². The molecule has 4 nitrogen and oxygen atoms in total. The number of aryl methyl sites for hydroxylation is 2. The second kappa shape index (κ2) is 5.70. The lowest BCUT2D eigenvalue weighted by molar-refractivity contribution is 0.411. The molecule has 4 N–H and O–H groups in total. The van der Waals surface area contributed by atoms with Crippen LogP contribution in [-0.4, -0.2) is 13.8 Å². The zero-order valence-electron chi connectivity index (χ0n) is 9.55. The van der Waals surface area contributed by atoms with Crippen molar-refractivity contribution in [3.05, 3.63) is 28.8 Å². The average Bonchev–Trinajstić information content (AvgIpc) is 2.23. The lowest BCUT2D eigenvalue weighted by atomic mass is 10.0. The fourth-order valence-electron chi connectivity index (χ4n) is 1.53. The summed E-state index contributed by atoms with van der Waals surface area (Å²) >= 11 is 0. The Hall–Kier alpha value is -1.10. The molecule has 1 aromatic carbocycles. The van der Waals surface area contributed by atoms with Crippen LogP contribution in [0.2, 0.25) is 0 Å². The van der Waals surface area contributed by atoms with E-state index in [4.69, 9.17) is 10.6 Å². The van der Waals surface area contributed by atoms with E-state index < -0.39 is 0 Å². The van der Waals surface area contributed by atoms with Gasteiger partial charge in [0.15, 0.2) is 0 Å². The van der Waals surface area contributed by atoms with Crippen LogP contribution in [-0.2, 0) is 6.54 Å². The standard InChI is InChI=1S/C11H19N3O/c1-8-5-11(15-3)9(2)4-10(8)6-13-7-14-12/h4-5,13-14H,6-7,12H2,1-3H3. The molecule has 0 bridgehead atoms. The van der Waals surface area contributed by atoms with Gasteiger partial charge in [-0.2, -0.15) is 0 Å². The molecule has 0 aromatic heterocycles. The van der Waals surface area contributed by atoms with Gasteiger partial charge in [0.2, 0.25) is 0 Å². The molecule has 0 amide bonds. The van der Waals surface area contributed by atoms with Crippen molar-refractivity contribution in [3.63, 3.8) is 0 Å². The second-order valence-electron chi connectivity index (χ2n) is 3.56. The molecule has 0 radical (unpaired) electrons. The molecule has 0 atom stereocenters. The normalized spacial score (nSPS) is 10.4. The van der Waals surface area contributed by atoms with Gasteiger partial charge in [0.1, 0.15) is 5.75 Å². The van der Waals surface area contributed by atoms with E-state index in [9.17, 15) is 0 Å². The van der Waals surface area contributed by atoms with Gasteiger partial charge in [-0.1, -0.05) is 6.07 Å². The number of nitrogens with one attached hydrogen (secondary N) is 2. The molecule has 4 heteroatoms. The highest BCUT2D eigenvalue weighted by Gasteiger charge is 2.03. The van der Waals surface area contributed by atoms with Gasteiger partial charge < -0.3 is 4.74 Å². The van der Waals surface area contributed by atoms with Gasteiger partial charge in [-0.05, 0) is 36.6 Å². The van der Waals surface area contributed by atoms with E-state index in [2.05, 4.69) is 29.8 Å². The Labute approximate surface area is 90.8 Å². The Morgan fingerprint density at radius 3 is 2.60 bits per heavy atom. The molecule has 15 heavy (non-hydrogen) atoms. The third-order valence-electron chi connectivity index (χ3n) is 2.40. The SMILES string of the molecule is COc1cc(C)c(CNCNN)cc1C. The van der Waals surface area contributed by atoms with E-state index >= 15 is 0 Å². The van der Waals surface area contributed by atoms with Gasteiger partial charge in [-0.25, -0.2) is 5.43 Å². The highest BCUT2D eigenvalue weighted by Crippen LogP contribution is 2.22. The van der Waals surface area contributed by atoms with Crippen LogP contribution >= 0.6 is 0 Å². The summed E-state index contributed by atoms with van der Waals surface area (Å²) in [5.74, 6) is 6.11. The summed E-state index contributed by atoms with van der Waals surface area (Å²) in [6.45, 7) is 5.53. The van der Waals surface area contributed by atoms with Crippen molar-refractivity contribution in [2.24, 2.45) is 5.84 Å². The Kier molecular flexibility index (Phi) is 4.55. The summed E-state index contributed by atoms with van der Waals surface area (Å²) in [6.07, 6.45) is 0. The number of nitrogens with two attached hydrogens (primary N) is 1. The number of methoxy groups -OCH3 is 1. The molecular formula is C11H19N3O. The lowest BCUT2D eigenvalue weighted by Crippen LogP contribution is -2.33. The van der Waals surface area contributed by atoms with Crippen molar-refractivity contribution < 1.29 is 4.74 Å². The molecule has 0 aliphatic heterocycles. The third kappa shape index (κ3) is 3.20. The largest absolute Gasteiger partial charge is 0.496 e. The Morgan fingerprint density at radius 2 is 2.00 bits per heavy atom. The maximum absolute atomic E-state index is 5.25. The molecule has 0 fully saturated rings. The molecule has 0 saturated carbocycles. The van der Waals surface area contributed by atoms with E-state index in [-0.39, 0.29) is 0 Å². The Balaban J connectivity index is 2.76. The van der Waals surface area contributed by atoms with Crippen LogP contribution in [0.5, 0.6) is 5.75 Å². The van der Waals surface area contributed by atoms with Crippen molar-refractivity contribution in [2.75, 3.05) is 13.8 Å². The first-order valence-corrected chi connectivity index (χ1v) is 4.97. The van der Waals surface area contributed by atoms with Gasteiger partial charge in [0.25, 0.3) is 0 Å². The van der Waals surface area contributed by atoms with Crippen LogP contribution in [0.4, 0.5) is 0 Å². The number of rotatable bonds is 5. The van der Waals surface area contributed by atoms with Crippen molar-refractivity contribution >= 4 is 0 Å². The molecule has 0 aliphatic carbocycles. The lowest BCUT2D eigenvalue weighted by Gasteiger charge is -2.11. The molecule has 0 saturated heterocycles. The predicted octanol–water partition coefficient (Wildman–Crippen LogP) is 0.822. The number of benzene rings is 1. The Bertz CT molecular complexity index is 326. The highest BCUT2D eigenvalue weighted by atomic mass is 16.5.